The van der Waals surface area contributed by atoms with Crippen LogP contribution in [0.3, 0.4) is 0 Å². The first-order chi connectivity index (χ1) is 15.0. The van der Waals surface area contributed by atoms with Crippen LogP contribution in [0.5, 0.6) is 0 Å². The molecule has 0 spiro atoms. The summed E-state index contributed by atoms with van der Waals surface area (Å²) >= 11 is 3.41. The summed E-state index contributed by atoms with van der Waals surface area (Å²) in [4.78, 5) is 2.81. The molecule has 0 aliphatic carbocycles. The second-order valence-corrected chi connectivity index (χ2v) is 11.4. The summed E-state index contributed by atoms with van der Waals surface area (Å²) in [5, 5.41) is 0. The van der Waals surface area contributed by atoms with Gasteiger partial charge in [-0.15, -0.1) is 0 Å². The average molecular weight is 497 g/mol. The molecule has 0 aromatic heterocycles. The Morgan fingerprint density at radius 3 is 2.45 bits per heavy atom. The second-order valence-electron chi connectivity index (χ2n) is 8.50. The summed E-state index contributed by atoms with van der Waals surface area (Å²) in [6, 6.07) is 25.9. The molecule has 4 nitrogen and oxygen atoms in total. The third-order valence-electron chi connectivity index (χ3n) is 6.44. The van der Waals surface area contributed by atoms with Crippen LogP contribution in [0.15, 0.2) is 88.2 Å². The van der Waals surface area contributed by atoms with Crippen molar-refractivity contribution >= 4 is 26.0 Å². The van der Waals surface area contributed by atoms with Gasteiger partial charge in [-0.3, -0.25) is 4.90 Å². The maximum Gasteiger partial charge on any atom is 0.243 e. The van der Waals surface area contributed by atoms with Crippen LogP contribution in [-0.4, -0.2) is 37.3 Å². The molecule has 5 rings (SSSR count). The molecule has 31 heavy (non-hydrogen) atoms. The van der Waals surface area contributed by atoms with Gasteiger partial charge in [0.1, 0.15) is 0 Å². The molecule has 0 amide bonds. The van der Waals surface area contributed by atoms with Crippen LogP contribution in [-0.2, 0) is 23.1 Å². The van der Waals surface area contributed by atoms with Gasteiger partial charge in [0.2, 0.25) is 10.0 Å². The van der Waals surface area contributed by atoms with Crippen LogP contribution in [0.2, 0.25) is 0 Å². The molecule has 0 bridgehead atoms. The summed E-state index contributed by atoms with van der Waals surface area (Å²) in [6.45, 7) is 3.73. The number of fused-ring (bicyclic) bond motifs is 3. The highest BCUT2D eigenvalue weighted by Gasteiger charge is 2.41. The lowest BCUT2D eigenvalue weighted by Gasteiger charge is -2.24. The van der Waals surface area contributed by atoms with Gasteiger partial charge in [0.25, 0.3) is 0 Å². The molecule has 2 aliphatic heterocycles. The Balaban J connectivity index is 1.47. The van der Waals surface area contributed by atoms with E-state index in [1.165, 1.54) is 11.1 Å². The summed E-state index contributed by atoms with van der Waals surface area (Å²) < 4.78 is 29.6. The summed E-state index contributed by atoms with van der Waals surface area (Å²) in [5.74, 6) is 0.622. The normalized spacial score (nSPS) is 22.0. The number of hydrogen-bond donors (Lipinski definition) is 0. The molecule has 0 unspecified atom stereocenters. The van der Waals surface area contributed by atoms with E-state index in [4.69, 9.17) is 0 Å². The summed E-state index contributed by atoms with van der Waals surface area (Å²) in [5.41, 5.74) is 3.72. The van der Waals surface area contributed by atoms with Crippen LogP contribution in [0.1, 0.15) is 22.6 Å². The minimum atomic E-state index is -3.58. The molecule has 2 heterocycles. The van der Waals surface area contributed by atoms with Crippen molar-refractivity contribution in [3.05, 3.63) is 100 Å². The first kappa shape index (κ1) is 20.9. The topological polar surface area (TPSA) is 40.6 Å². The fraction of sp³-hybridized carbons (Fsp3) is 0.280. The zero-order valence-corrected chi connectivity index (χ0v) is 19.6. The van der Waals surface area contributed by atoms with Crippen LogP contribution in [0.4, 0.5) is 0 Å². The number of likely N-dealkylation sites (tertiary alicyclic amines) is 1. The zero-order chi connectivity index (χ0) is 21.4. The van der Waals surface area contributed by atoms with Gasteiger partial charge in [0.15, 0.2) is 0 Å². The van der Waals surface area contributed by atoms with Crippen molar-refractivity contribution in [3.8, 4) is 0 Å². The fourth-order valence-electron chi connectivity index (χ4n) is 4.98. The lowest BCUT2D eigenvalue weighted by molar-refractivity contribution is 0.293. The van der Waals surface area contributed by atoms with E-state index in [0.29, 0.717) is 23.9 Å². The number of hydrogen-bond acceptors (Lipinski definition) is 3. The van der Waals surface area contributed by atoms with Gasteiger partial charge in [0, 0.05) is 43.1 Å². The quantitative estimate of drug-likeness (QED) is 0.517. The van der Waals surface area contributed by atoms with Crippen molar-refractivity contribution in [2.24, 2.45) is 5.92 Å². The minimum absolute atomic E-state index is 0.272. The molecule has 1 fully saturated rings. The molecule has 1 saturated heterocycles. The van der Waals surface area contributed by atoms with Crippen molar-refractivity contribution < 1.29 is 8.42 Å². The van der Waals surface area contributed by atoms with Gasteiger partial charge in [-0.05, 0) is 40.8 Å². The van der Waals surface area contributed by atoms with E-state index >= 15 is 0 Å². The smallest absolute Gasteiger partial charge is 0.243 e. The number of benzene rings is 3. The van der Waals surface area contributed by atoms with Crippen LogP contribution in [0.25, 0.3) is 0 Å². The molecule has 0 radical (unpaired) electrons. The monoisotopic (exact) mass is 496 g/mol. The molecule has 2 aliphatic rings. The van der Waals surface area contributed by atoms with E-state index in [2.05, 4.69) is 63.3 Å². The Bertz CT molecular complexity index is 1180. The van der Waals surface area contributed by atoms with Crippen molar-refractivity contribution in [1.29, 1.82) is 0 Å². The van der Waals surface area contributed by atoms with Gasteiger partial charge in [-0.25, -0.2) is 8.42 Å². The van der Waals surface area contributed by atoms with E-state index in [1.54, 1.807) is 22.5 Å². The number of nitrogens with zero attached hydrogens (tertiary/aromatic N) is 2. The largest absolute Gasteiger partial charge is 0.298 e. The molecule has 3 aromatic rings. The highest BCUT2D eigenvalue weighted by molar-refractivity contribution is 9.10. The van der Waals surface area contributed by atoms with E-state index < -0.39 is 10.0 Å². The average Bonchev–Trinajstić information content (AvgIpc) is 3.09. The highest BCUT2D eigenvalue weighted by Crippen LogP contribution is 2.40. The van der Waals surface area contributed by atoms with Crippen LogP contribution in [0, 0.1) is 5.92 Å². The third-order valence-corrected chi connectivity index (χ3v) is 8.74. The van der Waals surface area contributed by atoms with Gasteiger partial charge in [-0.1, -0.05) is 76.6 Å². The second kappa shape index (κ2) is 8.51. The Hall–Kier alpha value is -1.99. The molecular weight excluding hydrogens is 472 g/mol. The maximum absolute atomic E-state index is 13.6. The number of halogens is 1. The SMILES string of the molecule is O=S(=O)(c1cccc(Br)c1)N1Cc2ccccc2[C@H]2CN(Cc3ccccc3)C[C@@H]2C1. The molecule has 3 aromatic carbocycles. The Kier molecular flexibility index (Phi) is 5.73. The van der Waals surface area contributed by atoms with Gasteiger partial charge < -0.3 is 0 Å². The Labute approximate surface area is 192 Å². The van der Waals surface area contributed by atoms with Gasteiger partial charge in [-0.2, -0.15) is 4.31 Å². The van der Waals surface area contributed by atoms with E-state index in [9.17, 15) is 8.42 Å². The summed E-state index contributed by atoms with van der Waals surface area (Å²) in [7, 11) is -3.58. The number of rotatable bonds is 4. The first-order valence-corrected chi connectivity index (χ1v) is 12.8. The fourth-order valence-corrected chi connectivity index (χ4v) is 7.06. The molecule has 6 heteroatoms. The van der Waals surface area contributed by atoms with E-state index in [1.807, 2.05) is 18.2 Å². The van der Waals surface area contributed by atoms with Crippen molar-refractivity contribution in [3.63, 3.8) is 0 Å². The molecule has 160 valence electrons. The standard InChI is InChI=1S/C25H25BrN2O2S/c26-22-10-6-11-23(13-22)31(29,30)28-16-20-9-4-5-12-24(20)25-18-27(15-21(25)17-28)14-19-7-2-1-3-8-19/h1-13,21,25H,14-18H2/t21-,25+/m1/s1. The Morgan fingerprint density at radius 2 is 1.65 bits per heavy atom. The summed E-state index contributed by atoms with van der Waals surface area (Å²) in [6.07, 6.45) is 0. The third kappa shape index (κ3) is 4.22. The highest BCUT2D eigenvalue weighted by atomic mass is 79.9. The van der Waals surface area contributed by atoms with Gasteiger partial charge >= 0.3 is 0 Å². The molecular formula is C25H25BrN2O2S. The van der Waals surface area contributed by atoms with Crippen molar-refractivity contribution in [2.75, 3.05) is 19.6 Å². The van der Waals surface area contributed by atoms with E-state index in [-0.39, 0.29) is 5.92 Å². The number of sulfonamides is 1. The predicted octanol–water partition coefficient (Wildman–Crippen LogP) is 4.87. The van der Waals surface area contributed by atoms with Crippen molar-refractivity contribution in [2.45, 2.75) is 23.9 Å². The lowest BCUT2D eigenvalue weighted by atomic mass is 9.87. The first-order valence-electron chi connectivity index (χ1n) is 10.6. The molecule has 0 saturated carbocycles. The zero-order valence-electron chi connectivity index (χ0n) is 17.2. The minimum Gasteiger partial charge on any atom is -0.298 e. The molecule has 2 atom stereocenters. The van der Waals surface area contributed by atoms with Gasteiger partial charge in [0.05, 0.1) is 4.90 Å². The lowest BCUT2D eigenvalue weighted by Crippen LogP contribution is -2.35. The maximum atomic E-state index is 13.6. The Morgan fingerprint density at radius 1 is 0.871 bits per heavy atom. The van der Waals surface area contributed by atoms with Crippen LogP contribution >= 0.6 is 15.9 Å². The van der Waals surface area contributed by atoms with Crippen LogP contribution < -0.4 is 0 Å². The molecule has 0 N–H and O–H groups in total. The predicted molar refractivity (Wildman–Crippen MR) is 126 cm³/mol. The van der Waals surface area contributed by atoms with Crippen molar-refractivity contribution in [1.82, 2.24) is 9.21 Å². The van der Waals surface area contributed by atoms with E-state index in [0.717, 1.165) is 29.7 Å².